The van der Waals surface area contributed by atoms with E-state index in [2.05, 4.69) is 35.9 Å². The number of pyridine rings is 1. The average molecular weight is 205 g/mol. The summed E-state index contributed by atoms with van der Waals surface area (Å²) >= 11 is 0. The Bertz CT molecular complexity index is 318. The van der Waals surface area contributed by atoms with Crippen molar-refractivity contribution in [3.05, 3.63) is 24.0 Å². The fourth-order valence-corrected chi connectivity index (χ4v) is 1.95. The Balaban J connectivity index is 2.10. The van der Waals surface area contributed by atoms with Crippen molar-refractivity contribution in [3.8, 4) is 0 Å². The molecule has 1 fully saturated rings. The van der Waals surface area contributed by atoms with Gasteiger partial charge in [0.1, 0.15) is 0 Å². The van der Waals surface area contributed by atoms with Gasteiger partial charge >= 0.3 is 0 Å². The van der Waals surface area contributed by atoms with Gasteiger partial charge in [-0.25, -0.2) is 0 Å². The van der Waals surface area contributed by atoms with E-state index in [0.717, 1.165) is 25.2 Å². The molecular formula is C12H19N3. The molecule has 1 aromatic rings. The minimum absolute atomic E-state index is 0.328. The second kappa shape index (κ2) is 4.19. The highest BCUT2D eigenvalue weighted by Gasteiger charge is 2.19. The molecule has 0 amide bonds. The third-order valence-corrected chi connectivity index (χ3v) is 2.95. The third kappa shape index (κ3) is 2.29. The van der Waals surface area contributed by atoms with Gasteiger partial charge in [0, 0.05) is 24.8 Å². The highest BCUT2D eigenvalue weighted by Crippen LogP contribution is 2.20. The summed E-state index contributed by atoms with van der Waals surface area (Å²) < 4.78 is 0. The van der Waals surface area contributed by atoms with Gasteiger partial charge in [-0.1, -0.05) is 13.8 Å². The summed E-state index contributed by atoms with van der Waals surface area (Å²) in [7, 11) is 0. The molecule has 0 saturated carbocycles. The van der Waals surface area contributed by atoms with Crippen LogP contribution in [0.5, 0.6) is 0 Å². The zero-order valence-electron chi connectivity index (χ0n) is 9.48. The largest absolute Gasteiger partial charge is 0.369 e. The summed E-state index contributed by atoms with van der Waals surface area (Å²) in [5, 5.41) is 0. The van der Waals surface area contributed by atoms with Crippen molar-refractivity contribution in [2.75, 3.05) is 18.0 Å². The van der Waals surface area contributed by atoms with Crippen LogP contribution in [0, 0.1) is 0 Å². The first-order chi connectivity index (χ1) is 7.16. The number of aromatic nitrogens is 1. The van der Waals surface area contributed by atoms with Crippen LogP contribution in [0.3, 0.4) is 0 Å². The van der Waals surface area contributed by atoms with Crippen molar-refractivity contribution in [2.24, 2.45) is 5.73 Å². The van der Waals surface area contributed by atoms with Gasteiger partial charge in [0.25, 0.3) is 0 Å². The number of nitrogens with two attached hydrogens (primary N) is 1. The third-order valence-electron chi connectivity index (χ3n) is 2.95. The van der Waals surface area contributed by atoms with Crippen molar-refractivity contribution >= 4 is 5.69 Å². The molecule has 3 nitrogen and oxygen atoms in total. The monoisotopic (exact) mass is 205 g/mol. The quantitative estimate of drug-likeness (QED) is 0.799. The molecule has 1 aliphatic heterocycles. The van der Waals surface area contributed by atoms with Crippen molar-refractivity contribution < 1.29 is 0 Å². The van der Waals surface area contributed by atoms with Crippen LogP contribution in [0.2, 0.25) is 0 Å². The molecule has 0 aromatic carbocycles. The lowest BCUT2D eigenvalue weighted by molar-refractivity contribution is 0.752. The lowest BCUT2D eigenvalue weighted by Gasteiger charge is -2.18. The second-order valence-corrected chi connectivity index (χ2v) is 4.59. The van der Waals surface area contributed by atoms with Gasteiger partial charge in [-0.15, -0.1) is 0 Å². The first kappa shape index (κ1) is 10.4. The molecule has 0 aliphatic carbocycles. The minimum Gasteiger partial charge on any atom is -0.369 e. The van der Waals surface area contributed by atoms with E-state index < -0.39 is 0 Å². The van der Waals surface area contributed by atoms with Gasteiger partial charge in [-0.2, -0.15) is 0 Å². The summed E-state index contributed by atoms with van der Waals surface area (Å²) in [6, 6.07) is 4.60. The molecule has 3 heteroatoms. The Morgan fingerprint density at radius 2 is 2.27 bits per heavy atom. The van der Waals surface area contributed by atoms with Crippen LogP contribution in [-0.4, -0.2) is 24.1 Å². The van der Waals surface area contributed by atoms with E-state index >= 15 is 0 Å². The van der Waals surface area contributed by atoms with Crippen LogP contribution in [0.1, 0.15) is 31.9 Å². The molecule has 2 rings (SSSR count). The van der Waals surface area contributed by atoms with Gasteiger partial charge < -0.3 is 10.6 Å². The zero-order valence-corrected chi connectivity index (χ0v) is 9.48. The predicted molar refractivity (Wildman–Crippen MR) is 63.1 cm³/mol. The van der Waals surface area contributed by atoms with Crippen molar-refractivity contribution in [2.45, 2.75) is 32.2 Å². The summed E-state index contributed by atoms with van der Waals surface area (Å²) in [4.78, 5) is 6.77. The molecule has 1 saturated heterocycles. The molecule has 15 heavy (non-hydrogen) atoms. The fraction of sp³-hybridized carbons (Fsp3) is 0.583. The van der Waals surface area contributed by atoms with Gasteiger partial charge in [0.15, 0.2) is 0 Å². The smallest absolute Gasteiger partial charge is 0.0553 e. The molecular weight excluding hydrogens is 186 g/mol. The predicted octanol–water partition coefficient (Wildman–Crippen LogP) is 1.74. The zero-order chi connectivity index (χ0) is 10.8. The highest BCUT2D eigenvalue weighted by atomic mass is 15.2. The van der Waals surface area contributed by atoms with Crippen LogP contribution in [0.15, 0.2) is 18.3 Å². The van der Waals surface area contributed by atoms with Gasteiger partial charge in [0.05, 0.1) is 11.9 Å². The Morgan fingerprint density at radius 1 is 1.47 bits per heavy atom. The van der Waals surface area contributed by atoms with Crippen LogP contribution in [-0.2, 0) is 0 Å². The molecule has 0 radical (unpaired) electrons. The molecule has 2 N–H and O–H groups in total. The number of hydrogen-bond donors (Lipinski definition) is 1. The van der Waals surface area contributed by atoms with Crippen LogP contribution >= 0.6 is 0 Å². The molecule has 2 heterocycles. The first-order valence-electron chi connectivity index (χ1n) is 5.63. The molecule has 0 bridgehead atoms. The number of anilines is 1. The number of nitrogens with zero attached hydrogens (tertiary/aromatic N) is 2. The maximum atomic E-state index is 5.88. The fourth-order valence-electron chi connectivity index (χ4n) is 1.95. The Labute approximate surface area is 91.3 Å². The van der Waals surface area contributed by atoms with Crippen LogP contribution in [0.4, 0.5) is 5.69 Å². The van der Waals surface area contributed by atoms with E-state index in [1.54, 1.807) is 0 Å². The molecule has 1 aliphatic rings. The maximum Gasteiger partial charge on any atom is 0.0553 e. The van der Waals surface area contributed by atoms with Gasteiger partial charge in [-0.3, -0.25) is 4.98 Å². The summed E-state index contributed by atoms with van der Waals surface area (Å²) in [6.45, 7) is 6.34. The number of hydrogen-bond acceptors (Lipinski definition) is 3. The Morgan fingerprint density at radius 3 is 2.73 bits per heavy atom. The summed E-state index contributed by atoms with van der Waals surface area (Å²) in [5.74, 6) is 0.500. The molecule has 1 aromatic heterocycles. The summed E-state index contributed by atoms with van der Waals surface area (Å²) in [6.07, 6.45) is 3.05. The van der Waals surface area contributed by atoms with Gasteiger partial charge in [-0.05, 0) is 24.5 Å². The van der Waals surface area contributed by atoms with Crippen molar-refractivity contribution in [3.63, 3.8) is 0 Å². The van der Waals surface area contributed by atoms with Crippen LogP contribution < -0.4 is 10.6 Å². The van der Waals surface area contributed by atoms with E-state index in [4.69, 9.17) is 5.73 Å². The Hall–Kier alpha value is -1.09. The normalized spacial score (nSPS) is 21.3. The van der Waals surface area contributed by atoms with E-state index in [0.29, 0.717) is 12.0 Å². The molecule has 82 valence electrons. The lowest BCUT2D eigenvalue weighted by atomic mass is 10.1. The Kier molecular flexibility index (Phi) is 2.91. The minimum atomic E-state index is 0.328. The summed E-state index contributed by atoms with van der Waals surface area (Å²) in [5.41, 5.74) is 8.23. The van der Waals surface area contributed by atoms with Gasteiger partial charge in [0.2, 0.25) is 0 Å². The standard InChI is InChI=1S/C12H19N3/c1-9(2)12-4-3-11(7-14-12)15-6-5-10(13)8-15/h3-4,7,9-10H,5-6,8,13H2,1-2H3/t10-/m1/s1. The average Bonchev–Trinajstić information content (AvgIpc) is 2.65. The van der Waals surface area contributed by atoms with E-state index in [9.17, 15) is 0 Å². The van der Waals surface area contributed by atoms with Crippen LogP contribution in [0.25, 0.3) is 0 Å². The van der Waals surface area contributed by atoms with Crippen molar-refractivity contribution in [1.82, 2.24) is 4.98 Å². The lowest BCUT2D eigenvalue weighted by Crippen LogP contribution is -2.26. The van der Waals surface area contributed by atoms with E-state index in [1.165, 1.54) is 5.69 Å². The number of rotatable bonds is 2. The first-order valence-corrected chi connectivity index (χ1v) is 5.63. The molecule has 0 unspecified atom stereocenters. The molecule has 0 spiro atoms. The highest BCUT2D eigenvalue weighted by molar-refractivity contribution is 5.46. The molecule has 1 atom stereocenters. The van der Waals surface area contributed by atoms with Crippen molar-refractivity contribution in [1.29, 1.82) is 0 Å². The van der Waals surface area contributed by atoms with E-state index in [-0.39, 0.29) is 0 Å². The topological polar surface area (TPSA) is 42.1 Å². The van der Waals surface area contributed by atoms with E-state index in [1.807, 2.05) is 6.20 Å². The second-order valence-electron chi connectivity index (χ2n) is 4.59. The maximum absolute atomic E-state index is 5.88. The SMILES string of the molecule is CC(C)c1ccc(N2CC[C@@H](N)C2)cn1.